The summed E-state index contributed by atoms with van der Waals surface area (Å²) >= 11 is 3.53. The Hall–Kier alpha value is -1.92. The molecular weight excluding hydrogens is 445 g/mol. The van der Waals surface area contributed by atoms with Gasteiger partial charge < -0.3 is 14.5 Å². The summed E-state index contributed by atoms with van der Waals surface area (Å²) in [6, 6.07) is 11.3. The Kier molecular flexibility index (Phi) is 7.05. The number of aryl methyl sites for hydroxylation is 1. The van der Waals surface area contributed by atoms with E-state index in [2.05, 4.69) is 31.8 Å². The van der Waals surface area contributed by atoms with Gasteiger partial charge in [-0.1, -0.05) is 28.1 Å². The Labute approximate surface area is 186 Å². The molecule has 4 rings (SSSR count). The van der Waals surface area contributed by atoms with E-state index < -0.39 is 0 Å². The SMILES string of the molecule is COc1ccc(Br)cc1CCc1c(F)cccc1C1=NCCN1CCN1CCCC1. The van der Waals surface area contributed by atoms with Crippen molar-refractivity contribution in [2.24, 2.45) is 4.99 Å². The molecule has 160 valence electrons. The van der Waals surface area contributed by atoms with Crippen molar-refractivity contribution in [1.82, 2.24) is 9.80 Å². The van der Waals surface area contributed by atoms with Crippen LogP contribution in [0.3, 0.4) is 0 Å². The van der Waals surface area contributed by atoms with Crippen LogP contribution in [-0.4, -0.2) is 62.0 Å². The molecular formula is C24H29BrFN3O. The molecule has 2 aliphatic heterocycles. The van der Waals surface area contributed by atoms with Gasteiger partial charge in [-0.3, -0.25) is 4.99 Å². The van der Waals surface area contributed by atoms with E-state index in [4.69, 9.17) is 9.73 Å². The van der Waals surface area contributed by atoms with E-state index in [-0.39, 0.29) is 5.82 Å². The van der Waals surface area contributed by atoms with Crippen molar-refractivity contribution in [3.63, 3.8) is 0 Å². The molecule has 1 saturated heterocycles. The molecule has 0 saturated carbocycles. The van der Waals surface area contributed by atoms with E-state index in [0.717, 1.165) is 58.9 Å². The summed E-state index contributed by atoms with van der Waals surface area (Å²) in [5.41, 5.74) is 2.74. The highest BCUT2D eigenvalue weighted by molar-refractivity contribution is 9.10. The molecule has 0 spiro atoms. The largest absolute Gasteiger partial charge is 0.496 e. The summed E-state index contributed by atoms with van der Waals surface area (Å²) in [6.07, 6.45) is 3.91. The van der Waals surface area contributed by atoms with Crippen LogP contribution in [0.4, 0.5) is 4.39 Å². The zero-order chi connectivity index (χ0) is 20.9. The normalized spacial score (nSPS) is 16.9. The topological polar surface area (TPSA) is 28.1 Å². The molecule has 1 fully saturated rings. The van der Waals surface area contributed by atoms with Gasteiger partial charge in [-0.25, -0.2) is 4.39 Å². The van der Waals surface area contributed by atoms with Gasteiger partial charge >= 0.3 is 0 Å². The molecule has 2 aromatic rings. The lowest BCUT2D eigenvalue weighted by atomic mass is 9.97. The van der Waals surface area contributed by atoms with E-state index >= 15 is 0 Å². The van der Waals surface area contributed by atoms with Crippen LogP contribution in [0.15, 0.2) is 45.9 Å². The summed E-state index contributed by atoms with van der Waals surface area (Å²) in [7, 11) is 1.67. The van der Waals surface area contributed by atoms with Crippen LogP contribution in [0.2, 0.25) is 0 Å². The fraction of sp³-hybridized carbons (Fsp3) is 0.458. The number of methoxy groups -OCH3 is 1. The highest BCUT2D eigenvalue weighted by Gasteiger charge is 2.23. The minimum Gasteiger partial charge on any atom is -0.496 e. The van der Waals surface area contributed by atoms with Crippen molar-refractivity contribution in [3.8, 4) is 5.75 Å². The van der Waals surface area contributed by atoms with Crippen LogP contribution < -0.4 is 4.74 Å². The molecule has 0 unspecified atom stereocenters. The molecule has 0 aliphatic carbocycles. The minimum absolute atomic E-state index is 0.157. The quantitative estimate of drug-likeness (QED) is 0.563. The number of nitrogens with zero attached hydrogens (tertiary/aromatic N) is 3. The lowest BCUT2D eigenvalue weighted by molar-refractivity contribution is 0.299. The van der Waals surface area contributed by atoms with Crippen LogP contribution in [0.25, 0.3) is 0 Å². The summed E-state index contributed by atoms with van der Waals surface area (Å²) < 4.78 is 21.4. The van der Waals surface area contributed by atoms with Gasteiger partial charge in [-0.05, 0) is 74.2 Å². The lowest BCUT2D eigenvalue weighted by Crippen LogP contribution is -2.36. The average Bonchev–Trinajstić information content (AvgIpc) is 3.43. The van der Waals surface area contributed by atoms with Gasteiger partial charge in [0.05, 0.1) is 13.7 Å². The highest BCUT2D eigenvalue weighted by Crippen LogP contribution is 2.26. The van der Waals surface area contributed by atoms with Crippen LogP contribution in [0, 0.1) is 5.82 Å². The van der Waals surface area contributed by atoms with E-state index in [9.17, 15) is 4.39 Å². The average molecular weight is 474 g/mol. The molecule has 0 bridgehead atoms. The molecule has 4 nitrogen and oxygen atoms in total. The van der Waals surface area contributed by atoms with Crippen LogP contribution in [-0.2, 0) is 12.8 Å². The van der Waals surface area contributed by atoms with Crippen molar-refractivity contribution in [3.05, 3.63) is 63.4 Å². The van der Waals surface area contributed by atoms with Gasteiger partial charge in [0.15, 0.2) is 0 Å². The molecule has 6 heteroatoms. The van der Waals surface area contributed by atoms with Crippen molar-refractivity contribution < 1.29 is 9.13 Å². The van der Waals surface area contributed by atoms with Crippen LogP contribution in [0.1, 0.15) is 29.5 Å². The van der Waals surface area contributed by atoms with Crippen molar-refractivity contribution in [2.75, 3.05) is 46.4 Å². The van der Waals surface area contributed by atoms with Crippen molar-refractivity contribution >= 4 is 21.8 Å². The maximum atomic E-state index is 14.9. The Balaban J connectivity index is 1.52. The molecule has 0 amide bonds. The van der Waals surface area contributed by atoms with Gasteiger partial charge in [0.1, 0.15) is 17.4 Å². The van der Waals surface area contributed by atoms with Crippen molar-refractivity contribution in [1.29, 1.82) is 0 Å². The maximum Gasteiger partial charge on any atom is 0.131 e. The second-order valence-electron chi connectivity index (χ2n) is 7.96. The lowest BCUT2D eigenvalue weighted by Gasteiger charge is -2.25. The number of halogens is 2. The second-order valence-corrected chi connectivity index (χ2v) is 8.88. The first-order valence-electron chi connectivity index (χ1n) is 10.8. The van der Waals surface area contributed by atoms with Gasteiger partial charge in [0, 0.05) is 29.7 Å². The van der Waals surface area contributed by atoms with Gasteiger partial charge in [-0.15, -0.1) is 0 Å². The van der Waals surface area contributed by atoms with Crippen LogP contribution in [0.5, 0.6) is 5.75 Å². The number of aliphatic imine (C=N–C) groups is 1. The maximum absolute atomic E-state index is 14.9. The second kappa shape index (κ2) is 9.92. The fourth-order valence-corrected chi connectivity index (χ4v) is 4.86. The Morgan fingerprint density at radius 1 is 1.07 bits per heavy atom. The monoisotopic (exact) mass is 473 g/mol. The molecule has 2 heterocycles. The summed E-state index contributed by atoms with van der Waals surface area (Å²) in [5, 5.41) is 0. The third-order valence-electron chi connectivity index (χ3n) is 6.06. The number of rotatable bonds is 8. The molecule has 2 aromatic carbocycles. The smallest absolute Gasteiger partial charge is 0.131 e. The van der Waals surface area contributed by atoms with Crippen LogP contribution >= 0.6 is 15.9 Å². The molecule has 0 radical (unpaired) electrons. The number of amidine groups is 1. The van der Waals surface area contributed by atoms with E-state index in [1.54, 1.807) is 19.2 Å². The third-order valence-corrected chi connectivity index (χ3v) is 6.56. The Morgan fingerprint density at radius 3 is 2.70 bits per heavy atom. The number of ether oxygens (including phenoxy) is 1. The zero-order valence-electron chi connectivity index (χ0n) is 17.5. The predicted molar refractivity (Wildman–Crippen MR) is 123 cm³/mol. The van der Waals surface area contributed by atoms with Gasteiger partial charge in [-0.2, -0.15) is 0 Å². The first kappa shape index (κ1) is 21.3. The van der Waals surface area contributed by atoms with E-state index in [0.29, 0.717) is 12.8 Å². The van der Waals surface area contributed by atoms with Crippen molar-refractivity contribution in [2.45, 2.75) is 25.7 Å². The number of benzene rings is 2. The van der Waals surface area contributed by atoms with Gasteiger partial charge in [0.25, 0.3) is 0 Å². The van der Waals surface area contributed by atoms with E-state index in [1.165, 1.54) is 25.9 Å². The fourth-order valence-electron chi connectivity index (χ4n) is 4.45. The minimum atomic E-state index is -0.157. The summed E-state index contributed by atoms with van der Waals surface area (Å²) in [5.74, 6) is 1.63. The predicted octanol–water partition coefficient (Wildman–Crippen LogP) is 4.54. The standard InChI is InChI=1S/C24H29BrFN3O/c1-30-23-10-8-19(25)17-18(23)7-9-20-21(5-4-6-22(20)26)24-27-11-14-29(24)16-15-28-12-2-3-13-28/h4-6,8,10,17H,2-3,7,9,11-16H2,1H3. The highest BCUT2D eigenvalue weighted by atomic mass is 79.9. The third kappa shape index (κ3) is 4.86. The Morgan fingerprint density at radius 2 is 1.90 bits per heavy atom. The summed E-state index contributed by atoms with van der Waals surface area (Å²) in [6.45, 7) is 6.09. The first-order chi connectivity index (χ1) is 14.7. The summed E-state index contributed by atoms with van der Waals surface area (Å²) in [4.78, 5) is 9.61. The van der Waals surface area contributed by atoms with Gasteiger partial charge in [0.2, 0.25) is 0 Å². The molecule has 2 aliphatic rings. The number of hydrogen-bond donors (Lipinski definition) is 0. The van der Waals surface area contributed by atoms with E-state index in [1.807, 2.05) is 18.2 Å². The first-order valence-corrected chi connectivity index (χ1v) is 11.6. The molecule has 30 heavy (non-hydrogen) atoms. The molecule has 0 aromatic heterocycles. The number of likely N-dealkylation sites (tertiary alicyclic amines) is 1. The zero-order valence-corrected chi connectivity index (χ0v) is 19.1. The molecule has 0 atom stereocenters. The number of hydrogen-bond acceptors (Lipinski definition) is 4. The Bertz CT molecular complexity index is 911. The molecule has 0 N–H and O–H groups in total.